The van der Waals surface area contributed by atoms with Crippen LogP contribution < -0.4 is 0 Å². The Balaban J connectivity index is 3.53. The maximum absolute atomic E-state index is 2.49. The van der Waals surface area contributed by atoms with E-state index in [1.54, 1.807) is 0 Å². The van der Waals surface area contributed by atoms with E-state index in [1.807, 2.05) is 0 Å². The zero-order valence-electron chi connectivity index (χ0n) is 19.8. The Morgan fingerprint density at radius 1 is 0.385 bits per heavy atom. The Labute approximate surface area is 168 Å². The lowest BCUT2D eigenvalue weighted by molar-refractivity contribution is 0.365. The molecule has 26 heavy (non-hydrogen) atoms. The van der Waals surface area contributed by atoms with E-state index in [4.69, 9.17) is 0 Å². The molecule has 0 aromatic rings. The minimum atomic E-state index is 0.879. The molecule has 0 unspecified atom stereocenters. The van der Waals surface area contributed by atoms with Gasteiger partial charge in [-0.25, -0.2) is 0 Å². The van der Waals surface area contributed by atoms with Crippen LogP contribution in [-0.2, 0) is 0 Å². The van der Waals surface area contributed by atoms with Gasteiger partial charge < -0.3 is 0 Å². The van der Waals surface area contributed by atoms with Crippen molar-refractivity contribution >= 4 is 0 Å². The lowest BCUT2D eigenvalue weighted by Gasteiger charge is -2.17. The maximum atomic E-state index is 2.49. The number of rotatable bonds is 18. The molecule has 4 atom stereocenters. The predicted molar refractivity (Wildman–Crippen MR) is 122 cm³/mol. The first-order valence-electron chi connectivity index (χ1n) is 12.3. The highest BCUT2D eigenvalue weighted by Gasteiger charge is 2.09. The van der Waals surface area contributed by atoms with Crippen molar-refractivity contribution < 1.29 is 0 Å². The molecule has 0 rings (SSSR count). The first-order valence-corrected chi connectivity index (χ1v) is 12.3. The van der Waals surface area contributed by atoms with Crippen molar-refractivity contribution in [1.29, 1.82) is 0 Å². The van der Waals surface area contributed by atoms with E-state index in [2.05, 4.69) is 48.5 Å². The Kier molecular flexibility index (Phi) is 17.1. The van der Waals surface area contributed by atoms with Crippen molar-refractivity contribution in [3.05, 3.63) is 0 Å². The van der Waals surface area contributed by atoms with E-state index in [9.17, 15) is 0 Å². The molecule has 158 valence electrons. The van der Waals surface area contributed by atoms with E-state index < -0.39 is 0 Å². The van der Waals surface area contributed by atoms with Gasteiger partial charge in [0.05, 0.1) is 0 Å². The fraction of sp³-hybridized carbons (Fsp3) is 1.00. The molecule has 0 heteroatoms. The molecule has 0 nitrogen and oxygen atoms in total. The van der Waals surface area contributed by atoms with Gasteiger partial charge in [-0.15, -0.1) is 0 Å². The predicted octanol–water partition coefficient (Wildman–Crippen LogP) is 9.67. The van der Waals surface area contributed by atoms with Crippen molar-refractivity contribution in [2.45, 2.75) is 138 Å². The minimum Gasteiger partial charge on any atom is -0.0654 e. The van der Waals surface area contributed by atoms with Crippen LogP contribution in [-0.4, -0.2) is 0 Å². The Morgan fingerprint density at radius 2 is 0.654 bits per heavy atom. The summed E-state index contributed by atoms with van der Waals surface area (Å²) in [7, 11) is 0. The molecule has 0 aromatic carbocycles. The summed E-state index contributed by atoms with van der Waals surface area (Å²) in [6, 6.07) is 0. The molecule has 0 saturated heterocycles. The lowest BCUT2D eigenvalue weighted by atomic mass is 9.89. The van der Waals surface area contributed by atoms with Crippen molar-refractivity contribution in [1.82, 2.24) is 0 Å². The molecule has 0 aromatic heterocycles. The molecule has 0 amide bonds. The third kappa shape index (κ3) is 17.4. The molecule has 0 radical (unpaired) electrons. The first-order chi connectivity index (χ1) is 12.3. The van der Waals surface area contributed by atoms with Crippen LogP contribution in [0, 0.1) is 29.6 Å². The summed E-state index contributed by atoms with van der Waals surface area (Å²) in [5.41, 5.74) is 0. The van der Waals surface area contributed by atoms with Crippen LogP contribution in [0.3, 0.4) is 0 Å². The molecular weight excluding hydrogens is 312 g/mol. The molecule has 0 heterocycles. The van der Waals surface area contributed by atoms with Gasteiger partial charge in [-0.2, -0.15) is 0 Å². The Bertz CT molecular complexity index is 280. The van der Waals surface area contributed by atoms with Crippen LogP contribution in [0.5, 0.6) is 0 Å². The second kappa shape index (κ2) is 17.1. The highest BCUT2D eigenvalue weighted by molar-refractivity contribution is 4.62. The summed E-state index contributed by atoms with van der Waals surface area (Å²) in [6.07, 6.45) is 20.1. The van der Waals surface area contributed by atoms with Gasteiger partial charge >= 0.3 is 0 Å². The summed E-state index contributed by atoms with van der Waals surface area (Å²) in [6.45, 7) is 16.9. The van der Waals surface area contributed by atoms with Gasteiger partial charge in [0.15, 0.2) is 0 Å². The smallest absolute Gasteiger partial charge is 0.0443 e. The molecule has 0 spiro atoms. The van der Waals surface area contributed by atoms with Crippen molar-refractivity contribution in [2.75, 3.05) is 0 Å². The molecule has 0 fully saturated rings. The van der Waals surface area contributed by atoms with E-state index >= 15 is 0 Å². The van der Waals surface area contributed by atoms with E-state index in [0.717, 1.165) is 29.6 Å². The van der Waals surface area contributed by atoms with Crippen LogP contribution in [0.4, 0.5) is 0 Å². The molecule has 0 saturated carbocycles. The van der Waals surface area contributed by atoms with Crippen molar-refractivity contribution in [3.8, 4) is 0 Å². The van der Waals surface area contributed by atoms with Crippen molar-refractivity contribution in [3.63, 3.8) is 0 Å². The largest absolute Gasteiger partial charge is 0.0654 e. The maximum Gasteiger partial charge on any atom is -0.0443 e. The minimum absolute atomic E-state index is 0.879. The van der Waals surface area contributed by atoms with Gasteiger partial charge in [-0.05, 0) is 29.6 Å². The molecular formula is C26H54. The van der Waals surface area contributed by atoms with Gasteiger partial charge in [0.2, 0.25) is 0 Å². The van der Waals surface area contributed by atoms with Gasteiger partial charge in [0.1, 0.15) is 0 Å². The number of hydrogen-bond acceptors (Lipinski definition) is 0. The highest BCUT2D eigenvalue weighted by Crippen LogP contribution is 2.24. The molecule has 0 aliphatic rings. The highest BCUT2D eigenvalue weighted by atomic mass is 14.1. The lowest BCUT2D eigenvalue weighted by Crippen LogP contribution is -2.02. The topological polar surface area (TPSA) is 0 Å². The van der Waals surface area contributed by atoms with Crippen LogP contribution in [0.2, 0.25) is 0 Å². The molecule has 0 N–H and O–H groups in total. The van der Waals surface area contributed by atoms with Gasteiger partial charge in [-0.1, -0.05) is 138 Å². The Morgan fingerprint density at radius 3 is 0.923 bits per heavy atom. The second-order valence-corrected chi connectivity index (χ2v) is 10.3. The second-order valence-electron chi connectivity index (χ2n) is 10.3. The van der Waals surface area contributed by atoms with Crippen LogP contribution in [0.1, 0.15) is 138 Å². The molecule has 0 aliphatic carbocycles. The summed E-state index contributed by atoms with van der Waals surface area (Å²) in [5.74, 6) is 4.65. The first kappa shape index (κ1) is 26.0. The third-order valence-electron chi connectivity index (χ3n) is 6.44. The zero-order valence-corrected chi connectivity index (χ0v) is 19.8. The fourth-order valence-corrected chi connectivity index (χ4v) is 4.39. The summed E-state index contributed by atoms with van der Waals surface area (Å²) < 4.78 is 0. The van der Waals surface area contributed by atoms with Crippen LogP contribution in [0.25, 0.3) is 0 Å². The Hall–Kier alpha value is 0. The van der Waals surface area contributed by atoms with Crippen LogP contribution in [0.15, 0.2) is 0 Å². The third-order valence-corrected chi connectivity index (χ3v) is 6.44. The number of hydrogen-bond donors (Lipinski definition) is 0. The van der Waals surface area contributed by atoms with E-state index in [0.29, 0.717) is 0 Å². The van der Waals surface area contributed by atoms with Gasteiger partial charge in [0, 0.05) is 0 Å². The standard InChI is InChI=1S/C26H54/c1-8-13-23(4)16-10-17-25(6)20-12-21-26(7)19-11-18-24(5)15-9-14-22(2)3/h22-26H,8-21H2,1-7H3/t23-,24-,25-,26-/m0/s1. The average molecular weight is 367 g/mol. The molecule has 0 bridgehead atoms. The fourth-order valence-electron chi connectivity index (χ4n) is 4.39. The quantitative estimate of drug-likeness (QED) is 0.226. The van der Waals surface area contributed by atoms with Crippen molar-refractivity contribution in [2.24, 2.45) is 29.6 Å². The summed E-state index contributed by atoms with van der Waals surface area (Å²) in [4.78, 5) is 0. The van der Waals surface area contributed by atoms with E-state index in [-0.39, 0.29) is 0 Å². The van der Waals surface area contributed by atoms with E-state index in [1.165, 1.54) is 89.9 Å². The van der Waals surface area contributed by atoms with Gasteiger partial charge in [-0.3, -0.25) is 0 Å². The normalized spacial score (nSPS) is 16.6. The summed E-state index contributed by atoms with van der Waals surface area (Å²) in [5, 5.41) is 0. The average Bonchev–Trinajstić information content (AvgIpc) is 2.54. The monoisotopic (exact) mass is 366 g/mol. The van der Waals surface area contributed by atoms with Crippen LogP contribution >= 0.6 is 0 Å². The zero-order chi connectivity index (χ0) is 19.8. The summed E-state index contributed by atoms with van der Waals surface area (Å²) >= 11 is 0. The van der Waals surface area contributed by atoms with Gasteiger partial charge in [0.25, 0.3) is 0 Å². The molecule has 0 aliphatic heterocycles. The SMILES string of the molecule is CCC[C@H](C)CCC[C@H](C)CCC[C@@H](C)CCC[C@@H](C)CCCC(C)C.